The van der Waals surface area contributed by atoms with Gasteiger partial charge in [-0.25, -0.2) is 0 Å². The molecule has 0 atom stereocenters. The van der Waals surface area contributed by atoms with E-state index >= 15 is 0 Å². The molecular formula is C9H16N4. The summed E-state index contributed by atoms with van der Waals surface area (Å²) in [5.41, 5.74) is 6.66. The fraction of sp³-hybridized carbons (Fsp3) is 0.556. The monoisotopic (exact) mass is 180 g/mol. The zero-order valence-corrected chi connectivity index (χ0v) is 8.20. The Morgan fingerprint density at radius 2 is 2.08 bits per heavy atom. The molecule has 0 aliphatic carbocycles. The van der Waals surface area contributed by atoms with Gasteiger partial charge in [0.05, 0.1) is 6.20 Å². The van der Waals surface area contributed by atoms with Crippen molar-refractivity contribution in [1.82, 2.24) is 10.2 Å². The number of nitrogens with zero attached hydrogens (tertiary/aromatic N) is 3. The topological polar surface area (TPSA) is 55.0 Å². The molecular weight excluding hydrogens is 164 g/mol. The van der Waals surface area contributed by atoms with Crippen molar-refractivity contribution in [2.24, 2.45) is 5.73 Å². The molecule has 0 aromatic carbocycles. The predicted molar refractivity (Wildman–Crippen MR) is 53.5 cm³/mol. The summed E-state index contributed by atoms with van der Waals surface area (Å²) in [5, 5.41) is 7.95. The molecule has 0 amide bonds. The second-order valence-electron chi connectivity index (χ2n) is 2.76. The van der Waals surface area contributed by atoms with E-state index < -0.39 is 0 Å². The number of anilines is 1. The summed E-state index contributed by atoms with van der Waals surface area (Å²) in [4.78, 5) is 2.15. The summed E-state index contributed by atoms with van der Waals surface area (Å²) in [7, 11) is 0. The molecule has 0 saturated carbocycles. The first-order valence-electron chi connectivity index (χ1n) is 4.59. The molecule has 13 heavy (non-hydrogen) atoms. The molecule has 2 N–H and O–H groups in total. The highest BCUT2D eigenvalue weighted by Gasteiger charge is 2.07. The molecule has 0 aliphatic heterocycles. The van der Waals surface area contributed by atoms with Gasteiger partial charge in [-0.3, -0.25) is 0 Å². The standard InChI is InChI=1S/C9H16N4/c1-3-13(4-2)9-8(7-10)5-6-11-12-9/h5-6H,3-4,7,10H2,1-2H3. The summed E-state index contributed by atoms with van der Waals surface area (Å²) >= 11 is 0. The van der Waals surface area contributed by atoms with Crippen molar-refractivity contribution in [3.63, 3.8) is 0 Å². The van der Waals surface area contributed by atoms with E-state index in [1.807, 2.05) is 6.07 Å². The summed E-state index contributed by atoms with van der Waals surface area (Å²) in [6.45, 7) is 6.57. The van der Waals surface area contributed by atoms with Crippen LogP contribution in [-0.2, 0) is 6.54 Å². The number of nitrogens with two attached hydrogens (primary N) is 1. The van der Waals surface area contributed by atoms with Crippen molar-refractivity contribution in [1.29, 1.82) is 0 Å². The van der Waals surface area contributed by atoms with Crippen molar-refractivity contribution in [3.05, 3.63) is 17.8 Å². The van der Waals surface area contributed by atoms with Crippen LogP contribution in [0.25, 0.3) is 0 Å². The maximum Gasteiger partial charge on any atom is 0.155 e. The van der Waals surface area contributed by atoms with Gasteiger partial charge in [-0.05, 0) is 19.9 Å². The molecule has 4 heteroatoms. The Hall–Kier alpha value is -1.16. The third-order valence-corrected chi connectivity index (χ3v) is 2.06. The van der Waals surface area contributed by atoms with Crippen LogP contribution < -0.4 is 10.6 Å². The molecule has 0 saturated heterocycles. The van der Waals surface area contributed by atoms with E-state index in [9.17, 15) is 0 Å². The summed E-state index contributed by atoms with van der Waals surface area (Å²) in [6.07, 6.45) is 1.68. The summed E-state index contributed by atoms with van der Waals surface area (Å²) in [6, 6.07) is 1.92. The lowest BCUT2D eigenvalue weighted by molar-refractivity contribution is 0.807. The lowest BCUT2D eigenvalue weighted by Crippen LogP contribution is -2.25. The Morgan fingerprint density at radius 3 is 2.62 bits per heavy atom. The fourth-order valence-corrected chi connectivity index (χ4v) is 1.30. The maximum absolute atomic E-state index is 5.60. The van der Waals surface area contributed by atoms with E-state index in [1.165, 1.54) is 0 Å². The highest BCUT2D eigenvalue weighted by Crippen LogP contribution is 2.14. The van der Waals surface area contributed by atoms with Crippen LogP contribution in [0, 0.1) is 0 Å². The maximum atomic E-state index is 5.60. The molecule has 0 bridgehead atoms. The van der Waals surface area contributed by atoms with E-state index in [-0.39, 0.29) is 0 Å². The number of hydrogen-bond acceptors (Lipinski definition) is 4. The van der Waals surface area contributed by atoms with Gasteiger partial charge in [0.1, 0.15) is 0 Å². The van der Waals surface area contributed by atoms with E-state index in [2.05, 4.69) is 28.9 Å². The smallest absolute Gasteiger partial charge is 0.155 e. The van der Waals surface area contributed by atoms with Gasteiger partial charge in [0.15, 0.2) is 5.82 Å². The minimum atomic E-state index is 0.515. The van der Waals surface area contributed by atoms with Crippen LogP contribution in [0.3, 0.4) is 0 Å². The molecule has 0 unspecified atom stereocenters. The Labute approximate surface area is 78.8 Å². The van der Waals surface area contributed by atoms with Crippen LogP contribution in [0.1, 0.15) is 19.4 Å². The van der Waals surface area contributed by atoms with Crippen molar-refractivity contribution < 1.29 is 0 Å². The third kappa shape index (κ3) is 2.15. The molecule has 72 valence electrons. The lowest BCUT2D eigenvalue weighted by atomic mass is 10.2. The van der Waals surface area contributed by atoms with Crippen molar-refractivity contribution >= 4 is 5.82 Å². The molecule has 1 aromatic heterocycles. The molecule has 0 aliphatic rings. The average molecular weight is 180 g/mol. The van der Waals surface area contributed by atoms with Gasteiger partial charge in [0.25, 0.3) is 0 Å². The third-order valence-electron chi connectivity index (χ3n) is 2.06. The van der Waals surface area contributed by atoms with E-state index in [0.717, 1.165) is 24.5 Å². The van der Waals surface area contributed by atoms with Gasteiger partial charge < -0.3 is 10.6 Å². The normalized spacial score (nSPS) is 10.1. The van der Waals surface area contributed by atoms with E-state index in [0.29, 0.717) is 6.54 Å². The fourth-order valence-electron chi connectivity index (χ4n) is 1.30. The quantitative estimate of drug-likeness (QED) is 0.744. The highest BCUT2D eigenvalue weighted by atomic mass is 15.3. The van der Waals surface area contributed by atoms with E-state index in [1.54, 1.807) is 6.20 Å². The van der Waals surface area contributed by atoms with Crippen LogP contribution in [0.15, 0.2) is 12.3 Å². The van der Waals surface area contributed by atoms with Crippen molar-refractivity contribution in [3.8, 4) is 0 Å². The Kier molecular flexibility index (Phi) is 3.64. The summed E-state index contributed by atoms with van der Waals surface area (Å²) in [5.74, 6) is 0.912. The first-order chi connectivity index (χ1) is 6.33. The number of rotatable bonds is 4. The zero-order valence-electron chi connectivity index (χ0n) is 8.20. The average Bonchev–Trinajstić information content (AvgIpc) is 2.20. The molecule has 1 heterocycles. The van der Waals surface area contributed by atoms with Crippen LogP contribution in [0.2, 0.25) is 0 Å². The zero-order chi connectivity index (χ0) is 9.68. The lowest BCUT2D eigenvalue weighted by Gasteiger charge is -2.21. The van der Waals surface area contributed by atoms with Crippen LogP contribution in [0.4, 0.5) is 5.82 Å². The minimum Gasteiger partial charge on any atom is -0.355 e. The van der Waals surface area contributed by atoms with Crippen molar-refractivity contribution in [2.45, 2.75) is 20.4 Å². The van der Waals surface area contributed by atoms with Gasteiger partial charge in [-0.1, -0.05) is 0 Å². The Balaban J connectivity index is 2.96. The molecule has 0 spiro atoms. The summed E-state index contributed by atoms with van der Waals surface area (Å²) < 4.78 is 0. The van der Waals surface area contributed by atoms with Crippen LogP contribution >= 0.6 is 0 Å². The number of hydrogen-bond donors (Lipinski definition) is 1. The Bertz CT molecular complexity index is 258. The second kappa shape index (κ2) is 4.77. The van der Waals surface area contributed by atoms with Crippen LogP contribution in [0.5, 0.6) is 0 Å². The molecule has 0 fully saturated rings. The molecule has 4 nitrogen and oxygen atoms in total. The number of aromatic nitrogens is 2. The highest BCUT2D eigenvalue weighted by molar-refractivity contribution is 5.45. The Morgan fingerprint density at radius 1 is 1.38 bits per heavy atom. The van der Waals surface area contributed by atoms with Gasteiger partial charge in [-0.15, -0.1) is 5.10 Å². The van der Waals surface area contributed by atoms with Crippen LogP contribution in [-0.4, -0.2) is 23.3 Å². The SMILES string of the molecule is CCN(CC)c1nnccc1CN. The molecule has 1 aromatic rings. The predicted octanol–water partition coefficient (Wildman–Crippen LogP) is 0.781. The van der Waals surface area contributed by atoms with Gasteiger partial charge in [0.2, 0.25) is 0 Å². The largest absolute Gasteiger partial charge is 0.355 e. The minimum absolute atomic E-state index is 0.515. The van der Waals surface area contributed by atoms with Gasteiger partial charge in [-0.2, -0.15) is 5.10 Å². The first kappa shape index (κ1) is 9.92. The van der Waals surface area contributed by atoms with E-state index in [4.69, 9.17) is 5.73 Å². The van der Waals surface area contributed by atoms with Gasteiger partial charge in [0, 0.05) is 25.2 Å². The molecule has 1 rings (SSSR count). The van der Waals surface area contributed by atoms with Crippen molar-refractivity contribution in [2.75, 3.05) is 18.0 Å². The van der Waals surface area contributed by atoms with Gasteiger partial charge >= 0.3 is 0 Å². The second-order valence-corrected chi connectivity index (χ2v) is 2.76. The molecule has 0 radical (unpaired) electrons. The first-order valence-corrected chi connectivity index (χ1v) is 4.59.